The largest absolute Gasteiger partial charge is 0.451 e. The van der Waals surface area contributed by atoms with Crippen molar-refractivity contribution in [3.8, 4) is 0 Å². The second kappa shape index (κ2) is 7.40. The monoisotopic (exact) mass is 385 g/mol. The van der Waals surface area contributed by atoms with Gasteiger partial charge in [-0.2, -0.15) is 13.2 Å². The van der Waals surface area contributed by atoms with Crippen molar-refractivity contribution in [1.29, 1.82) is 0 Å². The Balaban J connectivity index is 1.90. The van der Waals surface area contributed by atoms with Gasteiger partial charge in [-0.15, -0.1) is 0 Å². The van der Waals surface area contributed by atoms with E-state index in [1.54, 1.807) is 18.2 Å². The Morgan fingerprint density at radius 3 is 2.50 bits per heavy atom. The van der Waals surface area contributed by atoms with Crippen LogP contribution in [0.15, 0.2) is 30.3 Å². The van der Waals surface area contributed by atoms with Crippen molar-refractivity contribution >= 4 is 17.4 Å². The smallest absolute Gasteiger partial charge is 0.370 e. The normalized spacial score (nSPS) is 18.4. The van der Waals surface area contributed by atoms with Crippen LogP contribution in [0.25, 0.3) is 0 Å². The number of hydrogen-bond acceptors (Lipinski definition) is 4. The van der Waals surface area contributed by atoms with Gasteiger partial charge in [-0.25, -0.2) is 9.97 Å². The van der Waals surface area contributed by atoms with Crippen molar-refractivity contribution in [2.45, 2.75) is 32.0 Å². The summed E-state index contributed by atoms with van der Waals surface area (Å²) in [5.74, 6) is -0.961. The Morgan fingerprint density at radius 1 is 1.19 bits per heavy atom. The number of rotatable bonds is 3. The van der Waals surface area contributed by atoms with E-state index in [0.29, 0.717) is 30.4 Å². The summed E-state index contributed by atoms with van der Waals surface area (Å²) in [7, 11) is 0. The number of hydrogen-bond donors (Lipinski definition) is 0. The van der Waals surface area contributed by atoms with Crippen LogP contribution in [0.2, 0.25) is 5.02 Å². The number of anilines is 1. The molecule has 1 aliphatic heterocycles. The molecule has 1 aliphatic rings. The van der Waals surface area contributed by atoms with Crippen LogP contribution in [0.4, 0.5) is 19.0 Å². The van der Waals surface area contributed by atoms with Gasteiger partial charge in [0.2, 0.25) is 5.82 Å². The second-order valence-corrected chi connectivity index (χ2v) is 6.92. The van der Waals surface area contributed by atoms with Crippen LogP contribution >= 0.6 is 11.6 Å². The summed E-state index contributed by atoms with van der Waals surface area (Å²) in [6.45, 7) is 4.89. The van der Waals surface area contributed by atoms with E-state index >= 15 is 0 Å². The van der Waals surface area contributed by atoms with E-state index in [4.69, 9.17) is 16.3 Å². The number of ether oxygens (including phenoxy) is 1. The number of benzene rings is 1. The van der Waals surface area contributed by atoms with Crippen LogP contribution in [0, 0.1) is 0 Å². The van der Waals surface area contributed by atoms with E-state index < -0.39 is 12.0 Å². The minimum atomic E-state index is -4.58. The van der Waals surface area contributed by atoms with Gasteiger partial charge < -0.3 is 9.64 Å². The van der Waals surface area contributed by atoms with Crippen LogP contribution in [0.5, 0.6) is 0 Å². The Labute approximate surface area is 155 Å². The minimum Gasteiger partial charge on any atom is -0.370 e. The van der Waals surface area contributed by atoms with Crippen molar-refractivity contribution in [3.05, 3.63) is 52.4 Å². The SMILES string of the molecule is CC(C)c1cc(N2CCOC(c3ccc(Cl)cc3)C2)nc(C(F)(F)F)n1. The van der Waals surface area contributed by atoms with Crippen LogP contribution in [-0.4, -0.2) is 29.7 Å². The molecule has 0 aliphatic carbocycles. The van der Waals surface area contributed by atoms with E-state index in [1.807, 2.05) is 30.9 Å². The zero-order valence-corrected chi connectivity index (χ0v) is 15.2. The number of nitrogens with zero attached hydrogens (tertiary/aromatic N) is 3. The molecule has 0 radical (unpaired) electrons. The topological polar surface area (TPSA) is 38.2 Å². The predicted molar refractivity (Wildman–Crippen MR) is 93.5 cm³/mol. The molecule has 1 unspecified atom stereocenters. The Kier molecular flexibility index (Phi) is 5.39. The van der Waals surface area contributed by atoms with Crippen molar-refractivity contribution in [2.24, 2.45) is 0 Å². The van der Waals surface area contributed by atoms with E-state index in [1.165, 1.54) is 0 Å². The Bertz CT molecular complexity index is 765. The lowest BCUT2D eigenvalue weighted by atomic mass is 10.1. The maximum Gasteiger partial charge on any atom is 0.451 e. The van der Waals surface area contributed by atoms with Crippen LogP contribution in [-0.2, 0) is 10.9 Å². The molecular formula is C18H19ClF3N3O. The summed E-state index contributed by atoms with van der Waals surface area (Å²) in [6, 6.07) is 8.88. The fourth-order valence-corrected chi connectivity index (χ4v) is 2.90. The van der Waals surface area contributed by atoms with Gasteiger partial charge in [0.05, 0.1) is 6.61 Å². The van der Waals surface area contributed by atoms with Crippen molar-refractivity contribution in [1.82, 2.24) is 9.97 Å². The zero-order chi connectivity index (χ0) is 18.9. The standard InChI is InChI=1S/C18H19ClF3N3O/c1-11(2)14-9-16(24-17(23-14)18(20,21)22)25-7-8-26-15(10-25)12-3-5-13(19)6-4-12/h3-6,9,11,15H,7-8,10H2,1-2H3. The lowest BCUT2D eigenvalue weighted by Gasteiger charge is -2.34. The molecule has 26 heavy (non-hydrogen) atoms. The summed E-state index contributed by atoms with van der Waals surface area (Å²) < 4.78 is 45.3. The average molecular weight is 386 g/mol. The van der Waals surface area contributed by atoms with E-state index in [2.05, 4.69) is 9.97 Å². The molecule has 0 bridgehead atoms. The highest BCUT2D eigenvalue weighted by Gasteiger charge is 2.36. The Morgan fingerprint density at radius 2 is 1.88 bits per heavy atom. The molecule has 0 saturated carbocycles. The van der Waals surface area contributed by atoms with Gasteiger partial charge in [0, 0.05) is 29.9 Å². The molecule has 1 saturated heterocycles. The maximum absolute atomic E-state index is 13.2. The molecule has 4 nitrogen and oxygen atoms in total. The van der Waals surface area contributed by atoms with Gasteiger partial charge in [-0.1, -0.05) is 37.6 Å². The summed E-state index contributed by atoms with van der Waals surface area (Å²) >= 11 is 5.91. The fourth-order valence-electron chi connectivity index (χ4n) is 2.77. The van der Waals surface area contributed by atoms with Crippen molar-refractivity contribution in [3.63, 3.8) is 0 Å². The number of morpholine rings is 1. The number of halogens is 4. The highest BCUT2D eigenvalue weighted by molar-refractivity contribution is 6.30. The van der Waals surface area contributed by atoms with Gasteiger partial charge in [0.25, 0.3) is 0 Å². The van der Waals surface area contributed by atoms with Gasteiger partial charge in [-0.05, 0) is 23.6 Å². The molecule has 1 aromatic carbocycles. The Hall–Kier alpha value is -1.86. The molecule has 2 aromatic rings. The molecule has 1 aromatic heterocycles. The third-order valence-electron chi connectivity index (χ3n) is 4.21. The first-order chi connectivity index (χ1) is 12.2. The first kappa shape index (κ1) is 18.9. The van der Waals surface area contributed by atoms with Gasteiger partial charge in [0.15, 0.2) is 0 Å². The van der Waals surface area contributed by atoms with E-state index in [0.717, 1.165) is 5.56 Å². The molecule has 0 spiro atoms. The quantitative estimate of drug-likeness (QED) is 0.757. The molecule has 1 atom stereocenters. The fraction of sp³-hybridized carbons (Fsp3) is 0.444. The average Bonchev–Trinajstić information content (AvgIpc) is 2.61. The van der Waals surface area contributed by atoms with Crippen LogP contribution < -0.4 is 4.90 Å². The van der Waals surface area contributed by atoms with Gasteiger partial charge in [-0.3, -0.25) is 0 Å². The lowest BCUT2D eigenvalue weighted by Crippen LogP contribution is -2.39. The highest BCUT2D eigenvalue weighted by Crippen LogP contribution is 2.31. The summed E-state index contributed by atoms with van der Waals surface area (Å²) in [5, 5.41) is 0.619. The molecule has 1 fully saturated rings. The van der Waals surface area contributed by atoms with Crippen LogP contribution in [0.3, 0.4) is 0 Å². The van der Waals surface area contributed by atoms with E-state index in [9.17, 15) is 13.2 Å². The zero-order valence-electron chi connectivity index (χ0n) is 14.4. The summed E-state index contributed by atoms with van der Waals surface area (Å²) in [5.41, 5.74) is 1.30. The predicted octanol–water partition coefficient (Wildman–Crippen LogP) is 4.85. The third kappa shape index (κ3) is 4.27. The first-order valence-corrected chi connectivity index (χ1v) is 8.70. The molecule has 0 amide bonds. The van der Waals surface area contributed by atoms with Crippen LogP contribution in [0.1, 0.15) is 43.0 Å². The first-order valence-electron chi connectivity index (χ1n) is 8.32. The molecule has 2 heterocycles. The summed E-state index contributed by atoms with van der Waals surface area (Å²) in [4.78, 5) is 9.25. The van der Waals surface area contributed by atoms with Gasteiger partial charge >= 0.3 is 6.18 Å². The molecule has 140 valence electrons. The minimum absolute atomic E-state index is 0.133. The highest BCUT2D eigenvalue weighted by atomic mass is 35.5. The molecule has 3 rings (SSSR count). The third-order valence-corrected chi connectivity index (χ3v) is 4.46. The molecule has 0 N–H and O–H groups in total. The lowest BCUT2D eigenvalue weighted by molar-refractivity contribution is -0.145. The number of alkyl halides is 3. The second-order valence-electron chi connectivity index (χ2n) is 6.48. The van der Waals surface area contributed by atoms with Crippen molar-refractivity contribution < 1.29 is 17.9 Å². The van der Waals surface area contributed by atoms with Gasteiger partial charge in [0.1, 0.15) is 11.9 Å². The molecule has 8 heteroatoms. The molecular weight excluding hydrogens is 367 g/mol. The summed E-state index contributed by atoms with van der Waals surface area (Å²) in [6.07, 6.45) is -4.84. The van der Waals surface area contributed by atoms with E-state index in [-0.39, 0.29) is 17.8 Å². The number of aromatic nitrogens is 2. The maximum atomic E-state index is 13.2. The van der Waals surface area contributed by atoms with Crippen molar-refractivity contribution in [2.75, 3.05) is 24.6 Å².